The summed E-state index contributed by atoms with van der Waals surface area (Å²) in [7, 11) is 3.45. The molecular formula is C12H22N6O. The predicted octanol–water partition coefficient (Wildman–Crippen LogP) is -0.0248. The molecule has 7 heteroatoms. The zero-order valence-corrected chi connectivity index (χ0v) is 11.6. The smallest absolute Gasteiger partial charge is 0.316 e. The van der Waals surface area contributed by atoms with Gasteiger partial charge in [0.25, 0.3) is 0 Å². The van der Waals surface area contributed by atoms with Gasteiger partial charge in [-0.05, 0) is 12.8 Å². The van der Waals surface area contributed by atoms with Gasteiger partial charge in [-0.1, -0.05) is 0 Å². The molecule has 19 heavy (non-hydrogen) atoms. The van der Waals surface area contributed by atoms with Crippen molar-refractivity contribution in [3.8, 4) is 0 Å². The van der Waals surface area contributed by atoms with E-state index in [4.69, 9.17) is 0 Å². The van der Waals surface area contributed by atoms with Crippen molar-refractivity contribution in [1.82, 2.24) is 30.3 Å². The van der Waals surface area contributed by atoms with Crippen LogP contribution in [0.15, 0.2) is 0 Å². The maximum absolute atomic E-state index is 11.3. The van der Waals surface area contributed by atoms with Crippen LogP contribution in [0.4, 0.5) is 4.79 Å². The number of rotatable bonds is 5. The maximum atomic E-state index is 11.3. The molecule has 2 amide bonds. The monoisotopic (exact) mass is 266 g/mol. The second kappa shape index (κ2) is 6.51. The molecule has 1 aromatic heterocycles. The number of hydrogen-bond acceptors (Lipinski definition) is 4. The number of amides is 2. The Bertz CT molecular complexity index is 428. The fourth-order valence-electron chi connectivity index (χ4n) is 2.12. The first kappa shape index (κ1) is 13.8. The van der Waals surface area contributed by atoms with E-state index >= 15 is 0 Å². The molecule has 0 atom stereocenters. The third-order valence-corrected chi connectivity index (χ3v) is 3.20. The first-order valence-electron chi connectivity index (χ1n) is 6.75. The summed E-state index contributed by atoms with van der Waals surface area (Å²) in [5, 5.41) is 14.5. The molecule has 1 aliphatic rings. The molecule has 1 aromatic rings. The van der Waals surface area contributed by atoms with Gasteiger partial charge in [-0.2, -0.15) is 0 Å². The Morgan fingerprint density at radius 1 is 1.32 bits per heavy atom. The van der Waals surface area contributed by atoms with Crippen molar-refractivity contribution in [2.75, 3.05) is 27.2 Å². The molecule has 0 bridgehead atoms. The van der Waals surface area contributed by atoms with Crippen molar-refractivity contribution in [2.24, 2.45) is 0 Å². The maximum Gasteiger partial charge on any atom is 0.316 e. The Hall–Kier alpha value is -1.63. The highest BCUT2D eigenvalue weighted by Crippen LogP contribution is 2.13. The van der Waals surface area contributed by atoms with Crippen molar-refractivity contribution in [1.29, 1.82) is 0 Å². The van der Waals surface area contributed by atoms with E-state index in [2.05, 4.69) is 25.4 Å². The Balaban J connectivity index is 1.69. The zero-order valence-electron chi connectivity index (χ0n) is 11.6. The van der Waals surface area contributed by atoms with Crippen molar-refractivity contribution >= 4 is 6.03 Å². The number of carbonyl (C=O) groups is 1. The van der Waals surface area contributed by atoms with E-state index in [0.29, 0.717) is 13.1 Å². The first-order chi connectivity index (χ1) is 9.18. The normalized spacial score (nSPS) is 14.0. The fourth-order valence-corrected chi connectivity index (χ4v) is 2.12. The van der Waals surface area contributed by atoms with Gasteiger partial charge in [-0.25, -0.2) is 4.79 Å². The van der Waals surface area contributed by atoms with Gasteiger partial charge in [-0.15, -0.1) is 10.2 Å². The molecule has 0 aliphatic carbocycles. The summed E-state index contributed by atoms with van der Waals surface area (Å²) in [6.45, 7) is 3.06. The molecule has 2 rings (SSSR count). The van der Waals surface area contributed by atoms with Crippen LogP contribution in [0.5, 0.6) is 0 Å². The highest BCUT2D eigenvalue weighted by Gasteiger charge is 2.14. The van der Waals surface area contributed by atoms with E-state index < -0.39 is 0 Å². The quantitative estimate of drug-likeness (QED) is 0.734. The molecule has 2 heterocycles. The number of carbonyl (C=O) groups excluding carboxylic acids is 1. The lowest BCUT2D eigenvalue weighted by atomic mass is 10.2. The number of aromatic nitrogens is 3. The highest BCUT2D eigenvalue weighted by atomic mass is 16.2. The van der Waals surface area contributed by atoms with Crippen LogP contribution in [0, 0.1) is 0 Å². The molecule has 1 aliphatic heterocycles. The van der Waals surface area contributed by atoms with Gasteiger partial charge in [0.15, 0.2) is 0 Å². The van der Waals surface area contributed by atoms with Crippen LogP contribution >= 0.6 is 0 Å². The third-order valence-electron chi connectivity index (χ3n) is 3.20. The van der Waals surface area contributed by atoms with Gasteiger partial charge in [0.1, 0.15) is 11.6 Å². The molecule has 0 saturated carbocycles. The Labute approximate surface area is 113 Å². The van der Waals surface area contributed by atoms with Crippen molar-refractivity contribution < 1.29 is 4.79 Å². The average molecular weight is 266 g/mol. The van der Waals surface area contributed by atoms with Crippen LogP contribution in [0.1, 0.15) is 24.5 Å². The molecule has 0 radical (unpaired) electrons. The van der Waals surface area contributed by atoms with Gasteiger partial charge in [-0.3, -0.25) is 0 Å². The second-order valence-electron chi connectivity index (χ2n) is 4.94. The van der Waals surface area contributed by atoms with E-state index in [1.165, 1.54) is 17.7 Å². The van der Waals surface area contributed by atoms with Crippen molar-refractivity contribution in [3.05, 3.63) is 11.6 Å². The topological polar surface area (TPSA) is 75.1 Å². The van der Waals surface area contributed by atoms with Gasteiger partial charge >= 0.3 is 6.03 Å². The van der Waals surface area contributed by atoms with Crippen LogP contribution in [-0.2, 0) is 19.5 Å². The highest BCUT2D eigenvalue weighted by molar-refractivity contribution is 5.73. The number of aryl methyl sites for hydroxylation is 1. The third kappa shape index (κ3) is 3.66. The summed E-state index contributed by atoms with van der Waals surface area (Å²) >= 11 is 0. The van der Waals surface area contributed by atoms with Gasteiger partial charge in [0.2, 0.25) is 0 Å². The molecule has 0 aromatic carbocycles. The Morgan fingerprint density at radius 3 is 2.95 bits per heavy atom. The molecular weight excluding hydrogens is 244 g/mol. The summed E-state index contributed by atoms with van der Waals surface area (Å²) in [5.74, 6) is 2.09. The lowest BCUT2D eigenvalue weighted by molar-refractivity contribution is 0.217. The van der Waals surface area contributed by atoms with E-state index in [0.717, 1.165) is 31.2 Å². The van der Waals surface area contributed by atoms with Crippen LogP contribution in [0.25, 0.3) is 0 Å². The number of hydrogen-bond donors (Lipinski definition) is 2. The van der Waals surface area contributed by atoms with Crippen molar-refractivity contribution in [2.45, 2.75) is 32.4 Å². The average Bonchev–Trinajstić information content (AvgIpc) is 2.81. The zero-order chi connectivity index (χ0) is 13.7. The van der Waals surface area contributed by atoms with Crippen LogP contribution in [0.3, 0.4) is 0 Å². The van der Waals surface area contributed by atoms with E-state index in [-0.39, 0.29) is 6.03 Å². The number of fused-ring (bicyclic) bond motifs is 1. The van der Waals surface area contributed by atoms with Crippen molar-refractivity contribution in [3.63, 3.8) is 0 Å². The Morgan fingerprint density at radius 2 is 2.16 bits per heavy atom. The summed E-state index contributed by atoms with van der Waals surface area (Å²) in [6.07, 6.45) is 3.45. The van der Waals surface area contributed by atoms with E-state index in [1.807, 2.05) is 0 Å². The molecule has 0 saturated heterocycles. The minimum atomic E-state index is -0.0679. The number of nitrogens with zero attached hydrogens (tertiary/aromatic N) is 4. The van der Waals surface area contributed by atoms with E-state index in [9.17, 15) is 4.79 Å². The van der Waals surface area contributed by atoms with E-state index in [1.54, 1.807) is 14.1 Å². The minimum Gasteiger partial charge on any atom is -0.337 e. The molecule has 7 nitrogen and oxygen atoms in total. The largest absolute Gasteiger partial charge is 0.337 e. The second-order valence-corrected chi connectivity index (χ2v) is 4.94. The molecule has 0 spiro atoms. The molecule has 106 valence electrons. The van der Waals surface area contributed by atoms with Crippen LogP contribution in [0.2, 0.25) is 0 Å². The van der Waals surface area contributed by atoms with Gasteiger partial charge in [0, 0.05) is 40.2 Å². The fraction of sp³-hybridized carbons (Fsp3) is 0.750. The summed E-state index contributed by atoms with van der Waals surface area (Å²) in [6, 6.07) is -0.0679. The minimum absolute atomic E-state index is 0.0679. The molecule has 0 unspecified atom stereocenters. The standard InChI is InChI=1S/C12H22N6O/c1-17(2)12(19)14-7-6-13-9-11-16-15-10-5-3-4-8-18(10)11/h13H,3-9H2,1-2H3,(H,14,19). The summed E-state index contributed by atoms with van der Waals surface area (Å²) < 4.78 is 2.20. The van der Waals surface area contributed by atoms with Gasteiger partial charge < -0.3 is 20.1 Å². The Kier molecular flexibility index (Phi) is 4.73. The van der Waals surface area contributed by atoms with Gasteiger partial charge in [0.05, 0.1) is 6.54 Å². The number of nitrogens with one attached hydrogen (secondary N) is 2. The predicted molar refractivity (Wildman–Crippen MR) is 71.8 cm³/mol. The first-order valence-corrected chi connectivity index (χ1v) is 6.75. The molecule has 2 N–H and O–H groups in total. The lowest BCUT2D eigenvalue weighted by Gasteiger charge is -2.15. The van der Waals surface area contributed by atoms with Crippen LogP contribution in [-0.4, -0.2) is 52.9 Å². The lowest BCUT2D eigenvalue weighted by Crippen LogP contribution is -2.38. The summed E-state index contributed by atoms with van der Waals surface area (Å²) in [4.78, 5) is 12.8. The molecule has 0 fully saturated rings. The number of urea groups is 1. The van der Waals surface area contributed by atoms with Crippen LogP contribution < -0.4 is 10.6 Å². The summed E-state index contributed by atoms with van der Waals surface area (Å²) in [5.41, 5.74) is 0. The SMILES string of the molecule is CN(C)C(=O)NCCNCc1nnc2n1CCCC2.